The van der Waals surface area contributed by atoms with Gasteiger partial charge in [-0.15, -0.1) is 0 Å². The summed E-state index contributed by atoms with van der Waals surface area (Å²) in [5.74, 6) is 0.967. The fourth-order valence-electron chi connectivity index (χ4n) is 2.55. The number of rotatable bonds is 3. The summed E-state index contributed by atoms with van der Waals surface area (Å²) in [4.78, 5) is 12.3. The summed E-state index contributed by atoms with van der Waals surface area (Å²) in [5.41, 5.74) is 0.742. The standard InChI is InChI=1S/C15H20BrNO2/c1-19-14-9-8-12(16)10-13(14)17-15(18)11-6-4-2-3-5-7-11/h8-11H,2-7H2,1H3,(H,17,18). The second kappa shape index (κ2) is 6.94. The largest absolute Gasteiger partial charge is 0.495 e. The molecule has 1 aromatic carbocycles. The van der Waals surface area contributed by atoms with Crippen LogP contribution in [-0.4, -0.2) is 13.0 Å². The van der Waals surface area contributed by atoms with Crippen LogP contribution in [0.3, 0.4) is 0 Å². The van der Waals surface area contributed by atoms with E-state index in [1.54, 1.807) is 7.11 Å². The maximum absolute atomic E-state index is 12.3. The Kier molecular flexibility index (Phi) is 5.25. The first-order valence-corrected chi connectivity index (χ1v) is 7.64. The predicted molar refractivity (Wildman–Crippen MR) is 80.5 cm³/mol. The normalized spacial score (nSPS) is 16.7. The molecule has 0 unspecified atom stereocenters. The van der Waals surface area contributed by atoms with E-state index in [0.717, 1.165) is 35.8 Å². The number of ether oxygens (including phenoxy) is 1. The number of halogens is 1. The van der Waals surface area contributed by atoms with E-state index < -0.39 is 0 Å². The number of benzene rings is 1. The fourth-order valence-corrected chi connectivity index (χ4v) is 2.92. The number of anilines is 1. The highest BCUT2D eigenvalue weighted by Crippen LogP contribution is 2.30. The maximum atomic E-state index is 12.3. The molecule has 1 aromatic rings. The molecule has 1 amide bonds. The molecule has 19 heavy (non-hydrogen) atoms. The van der Waals surface area contributed by atoms with Crippen molar-refractivity contribution in [1.82, 2.24) is 0 Å². The van der Waals surface area contributed by atoms with Gasteiger partial charge in [-0.25, -0.2) is 0 Å². The third-order valence-electron chi connectivity index (χ3n) is 3.65. The molecule has 0 radical (unpaired) electrons. The number of hydrogen-bond donors (Lipinski definition) is 1. The van der Waals surface area contributed by atoms with Gasteiger partial charge < -0.3 is 10.1 Å². The lowest BCUT2D eigenvalue weighted by Gasteiger charge is -2.16. The zero-order chi connectivity index (χ0) is 13.7. The zero-order valence-corrected chi connectivity index (χ0v) is 12.8. The first-order valence-electron chi connectivity index (χ1n) is 6.85. The highest BCUT2D eigenvalue weighted by molar-refractivity contribution is 9.10. The molecule has 0 heterocycles. The number of nitrogens with one attached hydrogen (secondary N) is 1. The molecular weight excluding hydrogens is 306 g/mol. The Labute approximate surface area is 122 Å². The molecule has 0 saturated heterocycles. The van der Waals surface area contributed by atoms with Gasteiger partial charge in [0.25, 0.3) is 0 Å². The number of amides is 1. The molecule has 2 rings (SSSR count). The van der Waals surface area contributed by atoms with Crippen molar-refractivity contribution in [1.29, 1.82) is 0 Å². The van der Waals surface area contributed by atoms with Gasteiger partial charge in [-0.2, -0.15) is 0 Å². The summed E-state index contributed by atoms with van der Waals surface area (Å²) < 4.78 is 6.21. The predicted octanol–water partition coefficient (Wildman–Crippen LogP) is 4.37. The highest BCUT2D eigenvalue weighted by atomic mass is 79.9. The van der Waals surface area contributed by atoms with Crippen LogP contribution in [0.15, 0.2) is 22.7 Å². The van der Waals surface area contributed by atoms with Crippen LogP contribution in [0.1, 0.15) is 38.5 Å². The average molecular weight is 326 g/mol. The van der Waals surface area contributed by atoms with Crippen LogP contribution in [0.25, 0.3) is 0 Å². The lowest BCUT2D eigenvalue weighted by molar-refractivity contribution is -0.120. The Bertz CT molecular complexity index is 440. The Morgan fingerprint density at radius 1 is 1.26 bits per heavy atom. The SMILES string of the molecule is COc1ccc(Br)cc1NC(=O)C1CCCCCC1. The Hall–Kier alpha value is -1.03. The molecular formula is C15H20BrNO2. The number of methoxy groups -OCH3 is 1. The summed E-state index contributed by atoms with van der Waals surface area (Å²) in [6.45, 7) is 0. The molecule has 1 N–H and O–H groups in total. The van der Waals surface area contributed by atoms with E-state index in [0.29, 0.717) is 5.75 Å². The molecule has 3 nitrogen and oxygen atoms in total. The first kappa shape index (κ1) is 14.4. The van der Waals surface area contributed by atoms with E-state index in [9.17, 15) is 4.79 Å². The smallest absolute Gasteiger partial charge is 0.227 e. The number of hydrogen-bond acceptors (Lipinski definition) is 2. The van der Waals surface area contributed by atoms with Gasteiger partial charge in [-0.3, -0.25) is 4.79 Å². The molecule has 0 atom stereocenters. The summed E-state index contributed by atoms with van der Waals surface area (Å²) in [7, 11) is 1.62. The van der Waals surface area contributed by atoms with E-state index in [1.165, 1.54) is 12.8 Å². The van der Waals surface area contributed by atoms with Gasteiger partial charge >= 0.3 is 0 Å². The van der Waals surface area contributed by atoms with Crippen molar-refractivity contribution in [3.63, 3.8) is 0 Å². The summed E-state index contributed by atoms with van der Waals surface area (Å²) >= 11 is 3.42. The van der Waals surface area contributed by atoms with Crippen LogP contribution in [0, 0.1) is 5.92 Å². The molecule has 0 spiro atoms. The van der Waals surface area contributed by atoms with E-state index >= 15 is 0 Å². The van der Waals surface area contributed by atoms with E-state index in [1.807, 2.05) is 18.2 Å². The lowest BCUT2D eigenvalue weighted by Crippen LogP contribution is -2.22. The zero-order valence-electron chi connectivity index (χ0n) is 11.2. The van der Waals surface area contributed by atoms with Crippen molar-refractivity contribution in [2.45, 2.75) is 38.5 Å². The van der Waals surface area contributed by atoms with Crippen molar-refractivity contribution < 1.29 is 9.53 Å². The van der Waals surface area contributed by atoms with Gasteiger partial charge in [0.05, 0.1) is 12.8 Å². The molecule has 1 aliphatic rings. The van der Waals surface area contributed by atoms with Crippen molar-refractivity contribution >= 4 is 27.5 Å². The van der Waals surface area contributed by atoms with Crippen molar-refractivity contribution in [2.24, 2.45) is 5.92 Å². The summed E-state index contributed by atoms with van der Waals surface area (Å²) in [5, 5.41) is 3.01. The third-order valence-corrected chi connectivity index (χ3v) is 4.14. The monoisotopic (exact) mass is 325 g/mol. The van der Waals surface area contributed by atoms with Gasteiger partial charge in [0.2, 0.25) is 5.91 Å². The van der Waals surface area contributed by atoms with Crippen LogP contribution in [0.2, 0.25) is 0 Å². The lowest BCUT2D eigenvalue weighted by atomic mass is 9.99. The minimum absolute atomic E-state index is 0.123. The molecule has 1 saturated carbocycles. The minimum Gasteiger partial charge on any atom is -0.495 e. The van der Waals surface area contributed by atoms with Crippen LogP contribution in [0.5, 0.6) is 5.75 Å². The molecule has 1 fully saturated rings. The third kappa shape index (κ3) is 3.96. The fraction of sp³-hybridized carbons (Fsp3) is 0.533. The van der Waals surface area contributed by atoms with Crippen LogP contribution < -0.4 is 10.1 Å². The van der Waals surface area contributed by atoms with Crippen LogP contribution >= 0.6 is 15.9 Å². The number of carbonyl (C=O) groups is 1. The molecule has 1 aliphatic carbocycles. The topological polar surface area (TPSA) is 38.3 Å². The Morgan fingerprint density at radius 3 is 2.58 bits per heavy atom. The van der Waals surface area contributed by atoms with Crippen LogP contribution in [0.4, 0.5) is 5.69 Å². The average Bonchev–Trinajstić information content (AvgIpc) is 2.68. The van der Waals surface area contributed by atoms with Crippen molar-refractivity contribution in [3.8, 4) is 5.75 Å². The highest BCUT2D eigenvalue weighted by Gasteiger charge is 2.21. The molecule has 4 heteroatoms. The van der Waals surface area contributed by atoms with Crippen molar-refractivity contribution in [3.05, 3.63) is 22.7 Å². The first-order chi connectivity index (χ1) is 9.20. The molecule has 104 valence electrons. The summed E-state index contributed by atoms with van der Waals surface area (Å²) in [6, 6.07) is 5.64. The van der Waals surface area contributed by atoms with Crippen LogP contribution in [-0.2, 0) is 4.79 Å². The maximum Gasteiger partial charge on any atom is 0.227 e. The minimum atomic E-state index is 0.123. The quantitative estimate of drug-likeness (QED) is 0.838. The van der Waals surface area contributed by atoms with E-state index in [2.05, 4.69) is 21.2 Å². The Morgan fingerprint density at radius 2 is 1.95 bits per heavy atom. The second-order valence-electron chi connectivity index (χ2n) is 5.02. The molecule has 0 aliphatic heterocycles. The van der Waals surface area contributed by atoms with Gasteiger partial charge in [0, 0.05) is 10.4 Å². The van der Waals surface area contributed by atoms with Crippen molar-refractivity contribution in [2.75, 3.05) is 12.4 Å². The summed E-state index contributed by atoms with van der Waals surface area (Å²) in [6.07, 6.45) is 6.83. The second-order valence-corrected chi connectivity index (χ2v) is 5.94. The number of carbonyl (C=O) groups excluding carboxylic acids is 1. The van der Waals surface area contributed by atoms with E-state index in [-0.39, 0.29) is 11.8 Å². The van der Waals surface area contributed by atoms with Gasteiger partial charge in [0.15, 0.2) is 0 Å². The van der Waals surface area contributed by atoms with E-state index in [4.69, 9.17) is 4.74 Å². The Balaban J connectivity index is 2.07. The molecule has 0 aromatic heterocycles. The van der Waals surface area contributed by atoms with Gasteiger partial charge in [-0.1, -0.05) is 41.6 Å². The van der Waals surface area contributed by atoms with Gasteiger partial charge in [-0.05, 0) is 31.0 Å². The van der Waals surface area contributed by atoms with Gasteiger partial charge in [0.1, 0.15) is 5.75 Å². The molecule has 0 bridgehead atoms.